The number of ether oxygens (including phenoxy) is 1. The molecule has 0 amide bonds. The molecule has 4 heteroatoms. The number of thiophene rings is 1. The highest BCUT2D eigenvalue weighted by molar-refractivity contribution is 7.11. The smallest absolute Gasteiger partial charge is 0.160 e. The maximum absolute atomic E-state index is 10.5. The van der Waals surface area contributed by atoms with Crippen LogP contribution in [0.5, 0.6) is 5.75 Å². The van der Waals surface area contributed by atoms with Crippen LogP contribution in [0.25, 0.3) is 0 Å². The van der Waals surface area contributed by atoms with E-state index in [-0.39, 0.29) is 0 Å². The van der Waals surface area contributed by atoms with Crippen LogP contribution >= 0.6 is 22.9 Å². The quantitative estimate of drug-likeness (QED) is 0.774. The van der Waals surface area contributed by atoms with E-state index in [1.807, 2.05) is 29.6 Å². The summed E-state index contributed by atoms with van der Waals surface area (Å²) in [7, 11) is 0. The summed E-state index contributed by atoms with van der Waals surface area (Å²) in [6.45, 7) is 0.425. The molecular formula is C12H9ClO2S. The van der Waals surface area contributed by atoms with Crippen molar-refractivity contribution < 1.29 is 9.53 Å². The largest absolute Gasteiger partial charge is 0.487 e. The van der Waals surface area contributed by atoms with Crippen LogP contribution in [0.1, 0.15) is 15.2 Å². The van der Waals surface area contributed by atoms with Crippen LogP contribution in [0.15, 0.2) is 35.7 Å². The molecule has 2 rings (SSSR count). The Morgan fingerprint density at radius 3 is 2.88 bits per heavy atom. The number of carbonyl (C=O) groups is 1. The number of aldehydes is 1. The SMILES string of the molecule is O=Cc1cc(COc2ccccc2Cl)cs1. The van der Waals surface area contributed by atoms with E-state index in [4.69, 9.17) is 16.3 Å². The highest BCUT2D eigenvalue weighted by Crippen LogP contribution is 2.24. The van der Waals surface area contributed by atoms with Gasteiger partial charge in [0.25, 0.3) is 0 Å². The first-order valence-corrected chi connectivity index (χ1v) is 5.95. The number of benzene rings is 1. The fourth-order valence-electron chi connectivity index (χ4n) is 1.25. The van der Waals surface area contributed by atoms with Crippen molar-refractivity contribution >= 4 is 29.2 Å². The number of hydrogen-bond acceptors (Lipinski definition) is 3. The molecule has 2 nitrogen and oxygen atoms in total. The second kappa shape index (κ2) is 5.14. The van der Waals surface area contributed by atoms with Crippen LogP contribution in [0.2, 0.25) is 5.02 Å². The predicted octanol–water partition coefficient (Wildman–Crippen LogP) is 3.79. The molecule has 16 heavy (non-hydrogen) atoms. The molecular weight excluding hydrogens is 244 g/mol. The second-order valence-corrected chi connectivity index (χ2v) is 4.54. The van der Waals surface area contributed by atoms with E-state index >= 15 is 0 Å². The minimum atomic E-state index is 0.425. The Morgan fingerprint density at radius 1 is 1.38 bits per heavy atom. The van der Waals surface area contributed by atoms with Crippen LogP contribution in [-0.2, 0) is 6.61 Å². The Bertz CT molecular complexity index is 493. The van der Waals surface area contributed by atoms with Gasteiger partial charge < -0.3 is 4.74 Å². The molecule has 0 aliphatic rings. The third-order valence-electron chi connectivity index (χ3n) is 2.02. The van der Waals surface area contributed by atoms with E-state index < -0.39 is 0 Å². The van der Waals surface area contributed by atoms with Crippen molar-refractivity contribution in [3.05, 3.63) is 51.2 Å². The van der Waals surface area contributed by atoms with E-state index in [9.17, 15) is 4.79 Å². The molecule has 0 fully saturated rings. The molecule has 0 atom stereocenters. The lowest BCUT2D eigenvalue weighted by atomic mass is 10.3. The summed E-state index contributed by atoms with van der Waals surface area (Å²) in [6.07, 6.45) is 0.837. The van der Waals surface area contributed by atoms with E-state index in [1.165, 1.54) is 11.3 Å². The molecule has 82 valence electrons. The Morgan fingerprint density at radius 2 is 2.19 bits per heavy atom. The lowest BCUT2D eigenvalue weighted by Crippen LogP contribution is -1.93. The van der Waals surface area contributed by atoms with Gasteiger partial charge in [0.2, 0.25) is 0 Å². The van der Waals surface area contributed by atoms with Crippen LogP contribution in [-0.4, -0.2) is 6.29 Å². The van der Waals surface area contributed by atoms with E-state index in [1.54, 1.807) is 6.07 Å². The average molecular weight is 253 g/mol. The van der Waals surface area contributed by atoms with Gasteiger partial charge in [0.15, 0.2) is 6.29 Å². The Kier molecular flexibility index (Phi) is 3.59. The molecule has 1 aromatic carbocycles. The van der Waals surface area contributed by atoms with Gasteiger partial charge >= 0.3 is 0 Å². The summed E-state index contributed by atoms with van der Waals surface area (Å²) >= 11 is 7.35. The molecule has 0 radical (unpaired) electrons. The molecule has 0 bridgehead atoms. The summed E-state index contributed by atoms with van der Waals surface area (Å²) in [5.41, 5.74) is 0.979. The zero-order valence-corrected chi connectivity index (χ0v) is 9.92. The molecule has 0 N–H and O–H groups in total. The minimum Gasteiger partial charge on any atom is -0.487 e. The van der Waals surface area contributed by atoms with Crippen LogP contribution in [0.3, 0.4) is 0 Å². The van der Waals surface area contributed by atoms with Gasteiger partial charge in [0, 0.05) is 5.56 Å². The molecule has 2 aromatic rings. The third-order valence-corrected chi connectivity index (χ3v) is 3.24. The van der Waals surface area contributed by atoms with Gasteiger partial charge in [-0.05, 0) is 23.6 Å². The Hall–Kier alpha value is -1.32. The number of rotatable bonds is 4. The lowest BCUT2D eigenvalue weighted by molar-refractivity contribution is 0.112. The first-order valence-electron chi connectivity index (χ1n) is 4.69. The summed E-state index contributed by atoms with van der Waals surface area (Å²) in [6, 6.07) is 9.13. The number of halogens is 1. The van der Waals surface area contributed by atoms with Crippen LogP contribution in [0, 0.1) is 0 Å². The van der Waals surface area contributed by atoms with Crippen molar-refractivity contribution in [3.63, 3.8) is 0 Å². The standard InChI is InChI=1S/C12H9ClO2S/c13-11-3-1-2-4-12(11)15-7-9-5-10(6-14)16-8-9/h1-6,8H,7H2. The van der Waals surface area contributed by atoms with Crippen molar-refractivity contribution in [2.45, 2.75) is 6.61 Å². The lowest BCUT2D eigenvalue weighted by Gasteiger charge is -2.05. The average Bonchev–Trinajstić information content (AvgIpc) is 2.76. The molecule has 0 saturated heterocycles. The van der Waals surface area contributed by atoms with Gasteiger partial charge in [-0.3, -0.25) is 4.79 Å². The monoisotopic (exact) mass is 252 g/mol. The highest BCUT2D eigenvalue weighted by atomic mass is 35.5. The Labute approximate surface area is 102 Å². The van der Waals surface area contributed by atoms with Crippen molar-refractivity contribution in [2.24, 2.45) is 0 Å². The van der Waals surface area contributed by atoms with Crippen molar-refractivity contribution in [1.29, 1.82) is 0 Å². The molecule has 0 spiro atoms. The number of para-hydroxylation sites is 1. The zero-order chi connectivity index (χ0) is 11.4. The zero-order valence-electron chi connectivity index (χ0n) is 8.35. The highest BCUT2D eigenvalue weighted by Gasteiger charge is 2.02. The molecule has 1 heterocycles. The molecule has 0 aliphatic heterocycles. The fraction of sp³-hybridized carbons (Fsp3) is 0.0833. The summed E-state index contributed by atoms with van der Waals surface area (Å²) in [5.74, 6) is 0.656. The van der Waals surface area contributed by atoms with Crippen LogP contribution < -0.4 is 4.74 Å². The summed E-state index contributed by atoms with van der Waals surface area (Å²) in [5, 5.41) is 2.49. The van der Waals surface area contributed by atoms with Crippen molar-refractivity contribution in [3.8, 4) is 5.75 Å². The van der Waals surface area contributed by atoms with E-state index in [0.717, 1.165) is 11.8 Å². The van der Waals surface area contributed by atoms with Gasteiger partial charge in [-0.2, -0.15) is 0 Å². The van der Waals surface area contributed by atoms with Gasteiger partial charge in [-0.25, -0.2) is 0 Å². The normalized spacial score (nSPS) is 10.1. The topological polar surface area (TPSA) is 26.3 Å². The predicted molar refractivity (Wildman–Crippen MR) is 65.5 cm³/mol. The third kappa shape index (κ3) is 2.62. The van der Waals surface area contributed by atoms with Crippen molar-refractivity contribution in [1.82, 2.24) is 0 Å². The second-order valence-electron chi connectivity index (χ2n) is 3.19. The maximum Gasteiger partial charge on any atom is 0.160 e. The van der Waals surface area contributed by atoms with Crippen molar-refractivity contribution in [2.75, 3.05) is 0 Å². The number of hydrogen-bond donors (Lipinski definition) is 0. The molecule has 0 unspecified atom stereocenters. The number of carbonyl (C=O) groups excluding carboxylic acids is 1. The van der Waals surface area contributed by atoms with Gasteiger partial charge in [-0.1, -0.05) is 23.7 Å². The summed E-state index contributed by atoms with van der Waals surface area (Å²) in [4.78, 5) is 11.2. The Balaban J connectivity index is 2.02. The minimum absolute atomic E-state index is 0.425. The van der Waals surface area contributed by atoms with Gasteiger partial charge in [0.1, 0.15) is 12.4 Å². The fourth-order valence-corrected chi connectivity index (χ4v) is 2.14. The van der Waals surface area contributed by atoms with E-state index in [0.29, 0.717) is 22.3 Å². The first kappa shape index (κ1) is 11.2. The van der Waals surface area contributed by atoms with Gasteiger partial charge in [-0.15, -0.1) is 11.3 Å². The molecule has 1 aromatic heterocycles. The first-order chi connectivity index (χ1) is 7.79. The molecule has 0 saturated carbocycles. The maximum atomic E-state index is 10.5. The van der Waals surface area contributed by atoms with Crippen LogP contribution in [0.4, 0.5) is 0 Å². The van der Waals surface area contributed by atoms with Gasteiger partial charge in [0.05, 0.1) is 9.90 Å². The summed E-state index contributed by atoms with van der Waals surface area (Å²) < 4.78 is 5.54. The molecule has 0 aliphatic carbocycles. The van der Waals surface area contributed by atoms with E-state index in [2.05, 4.69) is 0 Å².